The van der Waals surface area contributed by atoms with Crippen LogP contribution in [0.4, 0.5) is 4.39 Å². The standard InChI is InChI=1S/C10H9FO2/c1-7(12)2-3-8-4-5-9(11)10(13)6-8/h2-6,13H,1H3/b3-2+. The van der Waals surface area contributed by atoms with E-state index in [1.165, 1.54) is 31.2 Å². The zero-order chi connectivity index (χ0) is 9.84. The molecule has 0 amide bonds. The second-order valence-electron chi connectivity index (χ2n) is 2.65. The molecule has 0 aliphatic heterocycles. The van der Waals surface area contributed by atoms with Gasteiger partial charge in [-0.05, 0) is 30.7 Å². The van der Waals surface area contributed by atoms with E-state index in [1.807, 2.05) is 0 Å². The molecule has 0 atom stereocenters. The Morgan fingerprint density at radius 2 is 2.23 bits per heavy atom. The van der Waals surface area contributed by atoms with E-state index in [2.05, 4.69) is 0 Å². The molecule has 0 aliphatic rings. The second-order valence-corrected chi connectivity index (χ2v) is 2.65. The fourth-order valence-electron chi connectivity index (χ4n) is 0.847. The molecular weight excluding hydrogens is 171 g/mol. The summed E-state index contributed by atoms with van der Waals surface area (Å²) in [4.78, 5) is 10.5. The third kappa shape index (κ3) is 2.71. The van der Waals surface area contributed by atoms with Gasteiger partial charge in [0.1, 0.15) is 0 Å². The van der Waals surface area contributed by atoms with Crippen LogP contribution in [0.3, 0.4) is 0 Å². The van der Waals surface area contributed by atoms with Gasteiger partial charge < -0.3 is 5.11 Å². The minimum Gasteiger partial charge on any atom is -0.505 e. The minimum atomic E-state index is -0.667. The maximum atomic E-state index is 12.6. The molecule has 0 saturated carbocycles. The zero-order valence-corrected chi connectivity index (χ0v) is 7.12. The molecule has 1 aromatic carbocycles. The van der Waals surface area contributed by atoms with Crippen LogP contribution in [0.2, 0.25) is 0 Å². The average Bonchev–Trinajstić information content (AvgIpc) is 2.07. The lowest BCUT2D eigenvalue weighted by atomic mass is 10.2. The topological polar surface area (TPSA) is 37.3 Å². The highest BCUT2D eigenvalue weighted by molar-refractivity contribution is 5.91. The minimum absolute atomic E-state index is 0.0937. The molecule has 0 saturated heterocycles. The van der Waals surface area contributed by atoms with Crippen molar-refractivity contribution < 1.29 is 14.3 Å². The number of halogens is 1. The summed E-state index contributed by atoms with van der Waals surface area (Å²) in [7, 11) is 0. The van der Waals surface area contributed by atoms with Gasteiger partial charge in [0.05, 0.1) is 0 Å². The summed E-state index contributed by atoms with van der Waals surface area (Å²) in [5, 5.41) is 8.97. The Kier molecular flexibility index (Phi) is 2.80. The summed E-state index contributed by atoms with van der Waals surface area (Å²) >= 11 is 0. The molecule has 1 rings (SSSR count). The maximum Gasteiger partial charge on any atom is 0.164 e. The Morgan fingerprint density at radius 3 is 2.77 bits per heavy atom. The van der Waals surface area contributed by atoms with Gasteiger partial charge in [-0.1, -0.05) is 12.1 Å². The first-order valence-corrected chi connectivity index (χ1v) is 3.77. The number of carbonyl (C=O) groups excluding carboxylic acids is 1. The molecule has 2 nitrogen and oxygen atoms in total. The summed E-state index contributed by atoms with van der Waals surface area (Å²) in [5.74, 6) is -1.17. The van der Waals surface area contributed by atoms with Crippen molar-refractivity contribution in [2.75, 3.05) is 0 Å². The van der Waals surface area contributed by atoms with E-state index in [4.69, 9.17) is 5.11 Å². The number of aromatic hydroxyl groups is 1. The Balaban J connectivity index is 2.92. The van der Waals surface area contributed by atoms with Crippen molar-refractivity contribution in [1.82, 2.24) is 0 Å². The summed E-state index contributed by atoms with van der Waals surface area (Å²) in [6.45, 7) is 1.42. The van der Waals surface area contributed by atoms with Crippen molar-refractivity contribution in [2.45, 2.75) is 6.92 Å². The molecule has 13 heavy (non-hydrogen) atoms. The average molecular weight is 180 g/mol. The van der Waals surface area contributed by atoms with Crippen molar-refractivity contribution in [3.05, 3.63) is 35.7 Å². The van der Waals surface area contributed by atoms with Crippen molar-refractivity contribution in [1.29, 1.82) is 0 Å². The molecule has 0 aliphatic carbocycles. The Bertz CT molecular complexity index is 356. The second kappa shape index (κ2) is 3.85. The molecule has 0 bridgehead atoms. The van der Waals surface area contributed by atoms with E-state index in [0.29, 0.717) is 5.56 Å². The lowest BCUT2D eigenvalue weighted by Crippen LogP contribution is -1.81. The predicted molar refractivity (Wildman–Crippen MR) is 47.8 cm³/mol. The van der Waals surface area contributed by atoms with Gasteiger partial charge in [0.15, 0.2) is 17.3 Å². The van der Waals surface area contributed by atoms with Crippen LogP contribution in [-0.2, 0) is 4.79 Å². The van der Waals surface area contributed by atoms with Crippen LogP contribution in [-0.4, -0.2) is 10.9 Å². The maximum absolute atomic E-state index is 12.6. The van der Waals surface area contributed by atoms with E-state index >= 15 is 0 Å². The first-order chi connectivity index (χ1) is 6.09. The molecule has 0 unspecified atom stereocenters. The molecule has 1 aromatic rings. The Morgan fingerprint density at radius 1 is 1.54 bits per heavy atom. The van der Waals surface area contributed by atoms with Crippen molar-refractivity contribution in [2.24, 2.45) is 0 Å². The highest BCUT2D eigenvalue weighted by Gasteiger charge is 1.98. The van der Waals surface area contributed by atoms with Gasteiger partial charge in [0, 0.05) is 0 Å². The van der Waals surface area contributed by atoms with E-state index in [0.717, 1.165) is 6.07 Å². The van der Waals surface area contributed by atoms with Gasteiger partial charge in [-0.25, -0.2) is 4.39 Å². The van der Waals surface area contributed by atoms with Crippen LogP contribution >= 0.6 is 0 Å². The number of phenols is 1. The normalized spacial score (nSPS) is 10.6. The summed E-state index contributed by atoms with van der Waals surface area (Å²) < 4.78 is 12.6. The van der Waals surface area contributed by atoms with Crippen LogP contribution in [0.15, 0.2) is 24.3 Å². The zero-order valence-electron chi connectivity index (χ0n) is 7.12. The molecule has 1 N–H and O–H groups in total. The quantitative estimate of drug-likeness (QED) is 0.708. The first-order valence-electron chi connectivity index (χ1n) is 3.77. The molecule has 0 radical (unpaired) electrons. The van der Waals surface area contributed by atoms with Gasteiger partial charge in [0.2, 0.25) is 0 Å². The smallest absolute Gasteiger partial charge is 0.164 e. The predicted octanol–water partition coefficient (Wildman–Crippen LogP) is 2.13. The molecule has 3 heteroatoms. The number of phenolic OH excluding ortho intramolecular Hbond substituents is 1. The highest BCUT2D eigenvalue weighted by Crippen LogP contribution is 2.17. The molecule has 0 heterocycles. The fraction of sp³-hybridized carbons (Fsp3) is 0.100. The number of hydrogen-bond donors (Lipinski definition) is 1. The molecule has 0 spiro atoms. The van der Waals surface area contributed by atoms with Crippen LogP contribution in [0.1, 0.15) is 12.5 Å². The van der Waals surface area contributed by atoms with Crippen molar-refractivity contribution >= 4 is 11.9 Å². The van der Waals surface area contributed by atoms with E-state index in [-0.39, 0.29) is 5.78 Å². The van der Waals surface area contributed by atoms with E-state index < -0.39 is 11.6 Å². The van der Waals surface area contributed by atoms with Crippen LogP contribution in [0.5, 0.6) is 5.75 Å². The van der Waals surface area contributed by atoms with E-state index in [1.54, 1.807) is 0 Å². The largest absolute Gasteiger partial charge is 0.505 e. The van der Waals surface area contributed by atoms with E-state index in [9.17, 15) is 9.18 Å². The number of rotatable bonds is 2. The number of hydrogen-bond acceptors (Lipinski definition) is 2. The SMILES string of the molecule is CC(=O)/C=C/c1ccc(F)c(O)c1. The summed E-state index contributed by atoms with van der Waals surface area (Å²) in [6.07, 6.45) is 2.87. The molecule has 0 aromatic heterocycles. The number of carbonyl (C=O) groups is 1. The van der Waals surface area contributed by atoms with Crippen LogP contribution in [0, 0.1) is 5.82 Å². The third-order valence-electron chi connectivity index (χ3n) is 1.48. The molecule has 68 valence electrons. The molecular formula is C10H9FO2. The van der Waals surface area contributed by atoms with Gasteiger partial charge in [0.25, 0.3) is 0 Å². The first kappa shape index (κ1) is 9.45. The number of allylic oxidation sites excluding steroid dienone is 1. The molecule has 0 fully saturated rings. The monoisotopic (exact) mass is 180 g/mol. The summed E-state index contributed by atoms with van der Waals surface area (Å²) in [5.41, 5.74) is 0.592. The van der Waals surface area contributed by atoms with Gasteiger partial charge in [-0.15, -0.1) is 0 Å². The van der Waals surface area contributed by atoms with Crippen molar-refractivity contribution in [3.8, 4) is 5.75 Å². The van der Waals surface area contributed by atoms with Crippen LogP contribution < -0.4 is 0 Å². The van der Waals surface area contributed by atoms with Gasteiger partial charge in [-0.2, -0.15) is 0 Å². The fourth-order valence-corrected chi connectivity index (χ4v) is 0.847. The summed E-state index contributed by atoms with van der Waals surface area (Å²) in [6, 6.07) is 3.89. The van der Waals surface area contributed by atoms with Crippen LogP contribution in [0.25, 0.3) is 6.08 Å². The highest BCUT2D eigenvalue weighted by atomic mass is 19.1. The Hall–Kier alpha value is -1.64. The van der Waals surface area contributed by atoms with Gasteiger partial charge >= 0.3 is 0 Å². The third-order valence-corrected chi connectivity index (χ3v) is 1.48. The lowest BCUT2D eigenvalue weighted by Gasteiger charge is -1.96. The number of benzene rings is 1. The van der Waals surface area contributed by atoms with Gasteiger partial charge in [-0.3, -0.25) is 4.79 Å². The Labute approximate surface area is 75.3 Å². The number of ketones is 1. The van der Waals surface area contributed by atoms with Crippen molar-refractivity contribution in [3.63, 3.8) is 0 Å². The lowest BCUT2D eigenvalue weighted by molar-refractivity contribution is -0.112.